The Hall–Kier alpha value is -1.31. The SMILES string of the molecule is NS(=O)(=O)c1ccccc1C#CCC1CCCC1. The molecule has 1 aliphatic rings. The zero-order valence-corrected chi connectivity index (χ0v) is 11.0. The van der Waals surface area contributed by atoms with Gasteiger partial charge in [-0.15, -0.1) is 0 Å². The van der Waals surface area contributed by atoms with Crippen molar-refractivity contribution >= 4 is 10.0 Å². The van der Waals surface area contributed by atoms with Crippen LogP contribution in [-0.4, -0.2) is 8.42 Å². The molecule has 0 atom stereocenters. The van der Waals surface area contributed by atoms with Crippen LogP contribution in [0.2, 0.25) is 0 Å². The standard InChI is InChI=1S/C14H17NO2S/c15-18(16,17)14-11-4-3-9-13(14)10-5-8-12-6-1-2-7-12/h3-4,9,11-12H,1-2,6-8H2,(H2,15,16,17). The Morgan fingerprint density at radius 2 is 1.89 bits per heavy atom. The average Bonchev–Trinajstić information content (AvgIpc) is 2.81. The van der Waals surface area contributed by atoms with Gasteiger partial charge in [-0.25, -0.2) is 13.6 Å². The molecule has 1 aliphatic carbocycles. The third-order valence-electron chi connectivity index (χ3n) is 3.28. The van der Waals surface area contributed by atoms with Crippen LogP contribution in [0.4, 0.5) is 0 Å². The Morgan fingerprint density at radius 3 is 2.56 bits per heavy atom. The molecule has 18 heavy (non-hydrogen) atoms. The topological polar surface area (TPSA) is 60.2 Å². The van der Waals surface area contributed by atoms with E-state index in [1.165, 1.54) is 31.7 Å². The number of hydrogen-bond acceptors (Lipinski definition) is 2. The lowest BCUT2D eigenvalue weighted by Gasteiger charge is -2.02. The van der Waals surface area contributed by atoms with E-state index in [2.05, 4.69) is 11.8 Å². The van der Waals surface area contributed by atoms with Gasteiger partial charge >= 0.3 is 0 Å². The Labute approximate surface area is 108 Å². The second-order valence-electron chi connectivity index (χ2n) is 4.70. The van der Waals surface area contributed by atoms with Crippen LogP contribution in [-0.2, 0) is 10.0 Å². The summed E-state index contributed by atoms with van der Waals surface area (Å²) in [5, 5.41) is 5.16. The quantitative estimate of drug-likeness (QED) is 0.832. The molecule has 0 bridgehead atoms. The second kappa shape index (κ2) is 5.55. The number of benzene rings is 1. The summed E-state index contributed by atoms with van der Waals surface area (Å²) < 4.78 is 22.8. The molecule has 2 N–H and O–H groups in total. The number of hydrogen-bond donors (Lipinski definition) is 1. The minimum absolute atomic E-state index is 0.115. The molecule has 0 radical (unpaired) electrons. The summed E-state index contributed by atoms with van der Waals surface area (Å²) in [4.78, 5) is 0.115. The molecular weight excluding hydrogens is 246 g/mol. The summed E-state index contributed by atoms with van der Waals surface area (Å²) in [6.07, 6.45) is 5.91. The molecule has 0 amide bonds. The van der Waals surface area contributed by atoms with Gasteiger partial charge in [0.25, 0.3) is 0 Å². The lowest BCUT2D eigenvalue weighted by molar-refractivity contribution is 0.566. The van der Waals surface area contributed by atoms with Crippen molar-refractivity contribution in [2.24, 2.45) is 11.1 Å². The van der Waals surface area contributed by atoms with Crippen molar-refractivity contribution in [3.8, 4) is 11.8 Å². The highest BCUT2D eigenvalue weighted by molar-refractivity contribution is 7.89. The molecule has 0 aliphatic heterocycles. The molecule has 3 nitrogen and oxygen atoms in total. The summed E-state index contributed by atoms with van der Waals surface area (Å²) >= 11 is 0. The molecule has 1 aromatic carbocycles. The van der Waals surface area contributed by atoms with Gasteiger partial charge in [0, 0.05) is 12.0 Å². The van der Waals surface area contributed by atoms with Gasteiger partial charge in [-0.05, 0) is 30.9 Å². The Bertz CT molecular complexity index is 575. The molecule has 2 rings (SSSR count). The fourth-order valence-electron chi connectivity index (χ4n) is 2.32. The first kappa shape index (κ1) is 13.1. The highest BCUT2D eigenvalue weighted by Gasteiger charge is 2.14. The number of nitrogens with two attached hydrogens (primary N) is 1. The highest BCUT2D eigenvalue weighted by atomic mass is 32.2. The van der Waals surface area contributed by atoms with E-state index in [0.717, 1.165) is 6.42 Å². The lowest BCUT2D eigenvalue weighted by Crippen LogP contribution is -2.13. The van der Waals surface area contributed by atoms with Crippen molar-refractivity contribution in [2.45, 2.75) is 37.0 Å². The molecule has 0 heterocycles. The van der Waals surface area contributed by atoms with E-state index in [1.54, 1.807) is 18.2 Å². The van der Waals surface area contributed by atoms with Crippen molar-refractivity contribution in [1.29, 1.82) is 0 Å². The molecule has 1 saturated carbocycles. The fourth-order valence-corrected chi connectivity index (χ4v) is 3.02. The Kier molecular flexibility index (Phi) is 4.05. The van der Waals surface area contributed by atoms with Gasteiger partial charge < -0.3 is 0 Å². The van der Waals surface area contributed by atoms with Gasteiger partial charge in [0.15, 0.2) is 0 Å². The predicted molar refractivity (Wildman–Crippen MR) is 71.3 cm³/mol. The van der Waals surface area contributed by atoms with Crippen LogP contribution in [0.25, 0.3) is 0 Å². The van der Waals surface area contributed by atoms with Crippen LogP contribution in [0.5, 0.6) is 0 Å². The molecule has 0 spiro atoms. The molecule has 1 aromatic rings. The van der Waals surface area contributed by atoms with Crippen LogP contribution in [0.1, 0.15) is 37.7 Å². The maximum Gasteiger partial charge on any atom is 0.239 e. The fraction of sp³-hybridized carbons (Fsp3) is 0.429. The van der Waals surface area contributed by atoms with Crippen LogP contribution in [0.3, 0.4) is 0 Å². The summed E-state index contributed by atoms with van der Waals surface area (Å²) in [7, 11) is -3.69. The van der Waals surface area contributed by atoms with Gasteiger partial charge in [0.1, 0.15) is 0 Å². The van der Waals surface area contributed by atoms with Crippen molar-refractivity contribution in [2.75, 3.05) is 0 Å². The lowest BCUT2D eigenvalue weighted by atomic mass is 10.0. The smallest absolute Gasteiger partial charge is 0.225 e. The zero-order chi connectivity index (χ0) is 13.0. The zero-order valence-electron chi connectivity index (χ0n) is 10.2. The van der Waals surface area contributed by atoms with Gasteiger partial charge in [-0.1, -0.05) is 36.8 Å². The van der Waals surface area contributed by atoms with Crippen molar-refractivity contribution < 1.29 is 8.42 Å². The minimum atomic E-state index is -3.69. The first-order valence-electron chi connectivity index (χ1n) is 6.18. The van der Waals surface area contributed by atoms with E-state index >= 15 is 0 Å². The van der Waals surface area contributed by atoms with Crippen LogP contribution in [0.15, 0.2) is 29.2 Å². The third kappa shape index (κ3) is 3.34. The van der Waals surface area contributed by atoms with E-state index in [0.29, 0.717) is 11.5 Å². The van der Waals surface area contributed by atoms with Crippen molar-refractivity contribution in [1.82, 2.24) is 0 Å². The third-order valence-corrected chi connectivity index (χ3v) is 4.25. The van der Waals surface area contributed by atoms with Gasteiger partial charge in [0.2, 0.25) is 10.0 Å². The first-order valence-corrected chi connectivity index (χ1v) is 7.73. The number of sulfonamides is 1. The van der Waals surface area contributed by atoms with E-state index in [-0.39, 0.29) is 4.90 Å². The summed E-state index contributed by atoms with van der Waals surface area (Å²) in [5.74, 6) is 6.70. The Morgan fingerprint density at radius 1 is 1.22 bits per heavy atom. The molecule has 96 valence electrons. The molecule has 0 aromatic heterocycles. The first-order chi connectivity index (χ1) is 8.57. The monoisotopic (exact) mass is 263 g/mol. The van der Waals surface area contributed by atoms with Gasteiger partial charge in [-0.2, -0.15) is 0 Å². The maximum absolute atomic E-state index is 11.4. The minimum Gasteiger partial charge on any atom is -0.225 e. The molecule has 1 fully saturated rings. The van der Waals surface area contributed by atoms with Crippen LogP contribution in [0, 0.1) is 17.8 Å². The normalized spacial score (nSPS) is 16.3. The van der Waals surface area contributed by atoms with Crippen LogP contribution < -0.4 is 5.14 Å². The molecular formula is C14H17NO2S. The Balaban J connectivity index is 2.16. The van der Waals surface area contributed by atoms with E-state index < -0.39 is 10.0 Å². The highest BCUT2D eigenvalue weighted by Crippen LogP contribution is 2.27. The summed E-state index contributed by atoms with van der Waals surface area (Å²) in [6, 6.07) is 6.62. The van der Waals surface area contributed by atoms with E-state index in [1.807, 2.05) is 0 Å². The van der Waals surface area contributed by atoms with E-state index in [4.69, 9.17) is 5.14 Å². The molecule has 0 saturated heterocycles. The average molecular weight is 263 g/mol. The number of primary sulfonamides is 1. The molecule has 4 heteroatoms. The number of rotatable bonds is 2. The second-order valence-corrected chi connectivity index (χ2v) is 6.23. The van der Waals surface area contributed by atoms with E-state index in [9.17, 15) is 8.42 Å². The summed E-state index contributed by atoms with van der Waals surface area (Å²) in [5.41, 5.74) is 0.498. The largest absolute Gasteiger partial charge is 0.239 e. The van der Waals surface area contributed by atoms with Crippen LogP contribution >= 0.6 is 0 Å². The van der Waals surface area contributed by atoms with Gasteiger partial charge in [-0.3, -0.25) is 0 Å². The maximum atomic E-state index is 11.4. The van der Waals surface area contributed by atoms with Crippen molar-refractivity contribution in [3.05, 3.63) is 29.8 Å². The predicted octanol–water partition coefficient (Wildman–Crippen LogP) is 2.27. The van der Waals surface area contributed by atoms with Crippen molar-refractivity contribution in [3.63, 3.8) is 0 Å². The molecule has 0 unspecified atom stereocenters. The van der Waals surface area contributed by atoms with Gasteiger partial charge in [0.05, 0.1) is 4.90 Å². The summed E-state index contributed by atoms with van der Waals surface area (Å²) in [6.45, 7) is 0.